The summed E-state index contributed by atoms with van der Waals surface area (Å²) in [6, 6.07) is 9.03. The van der Waals surface area contributed by atoms with E-state index in [2.05, 4.69) is 5.32 Å². The van der Waals surface area contributed by atoms with Gasteiger partial charge in [0.2, 0.25) is 6.10 Å². The molecule has 0 aliphatic carbocycles. The molecule has 0 saturated heterocycles. The summed E-state index contributed by atoms with van der Waals surface area (Å²) in [7, 11) is 0. The van der Waals surface area contributed by atoms with Crippen LogP contribution in [0.1, 0.15) is 17.2 Å². The van der Waals surface area contributed by atoms with Crippen LogP contribution in [0, 0.1) is 0 Å². The van der Waals surface area contributed by atoms with Crippen LogP contribution < -0.4 is 10.1 Å². The molecule has 2 aromatic carbocycles. The molecule has 3 rings (SSSR count). The van der Waals surface area contributed by atoms with Gasteiger partial charge in [0.1, 0.15) is 5.75 Å². The Kier molecular flexibility index (Phi) is 3.48. The molecule has 7 heteroatoms. The number of nitrogens with one attached hydrogen (secondary N) is 1. The van der Waals surface area contributed by atoms with E-state index in [0.717, 1.165) is 12.1 Å². The summed E-state index contributed by atoms with van der Waals surface area (Å²) in [5, 5.41) is 3.06. The minimum Gasteiger partial charge on any atom is -0.474 e. The van der Waals surface area contributed by atoms with Crippen molar-refractivity contribution in [2.24, 2.45) is 0 Å². The number of carbonyl (C=O) groups excluding carboxylic acids is 1. The molecule has 0 fully saturated rings. The SMILES string of the molecule is O=C1Nc2cc(Cl)ccc2O[C@H]1c1ccc(C(F)(F)F)cc1. The zero-order valence-corrected chi connectivity index (χ0v) is 11.7. The Labute approximate surface area is 128 Å². The molecule has 0 saturated carbocycles. The minimum absolute atomic E-state index is 0.339. The van der Waals surface area contributed by atoms with E-state index in [1.807, 2.05) is 0 Å². The van der Waals surface area contributed by atoms with Crippen molar-refractivity contribution in [3.05, 3.63) is 58.6 Å². The second-order valence-electron chi connectivity index (χ2n) is 4.75. The van der Waals surface area contributed by atoms with Crippen LogP contribution in [-0.4, -0.2) is 5.91 Å². The third-order valence-electron chi connectivity index (χ3n) is 3.22. The van der Waals surface area contributed by atoms with Gasteiger partial charge in [-0.05, 0) is 30.3 Å². The Morgan fingerprint density at radius 3 is 2.41 bits per heavy atom. The summed E-state index contributed by atoms with van der Waals surface area (Å²) in [5.74, 6) is -0.0524. The van der Waals surface area contributed by atoms with Gasteiger partial charge in [-0.1, -0.05) is 23.7 Å². The lowest BCUT2D eigenvalue weighted by molar-refractivity contribution is -0.137. The van der Waals surface area contributed by atoms with Crippen molar-refractivity contribution in [1.29, 1.82) is 0 Å². The van der Waals surface area contributed by atoms with Gasteiger partial charge in [-0.2, -0.15) is 13.2 Å². The molecule has 0 bridgehead atoms. The Bertz CT molecular complexity index is 729. The summed E-state index contributed by atoms with van der Waals surface area (Å²) in [4.78, 5) is 12.0. The summed E-state index contributed by atoms with van der Waals surface area (Å²) >= 11 is 5.82. The number of alkyl halides is 3. The van der Waals surface area contributed by atoms with Gasteiger partial charge in [0.05, 0.1) is 11.3 Å². The standard InChI is InChI=1S/C15H9ClF3NO2/c16-10-5-6-12-11(7-10)20-14(21)13(22-12)8-1-3-9(4-2-8)15(17,18)19/h1-7,13H,(H,20,21)/t13-/m0/s1. The zero-order chi connectivity index (χ0) is 15.9. The number of fused-ring (bicyclic) bond motifs is 1. The van der Waals surface area contributed by atoms with Gasteiger partial charge in [-0.3, -0.25) is 4.79 Å². The quantitative estimate of drug-likeness (QED) is 0.841. The first-order valence-electron chi connectivity index (χ1n) is 6.29. The number of anilines is 1. The number of hydrogen-bond donors (Lipinski definition) is 1. The number of ether oxygens (including phenoxy) is 1. The molecular weight excluding hydrogens is 319 g/mol. The molecule has 1 amide bonds. The highest BCUT2D eigenvalue weighted by atomic mass is 35.5. The van der Waals surface area contributed by atoms with Crippen molar-refractivity contribution >= 4 is 23.2 Å². The molecule has 1 aliphatic heterocycles. The number of benzene rings is 2. The molecular formula is C15H9ClF3NO2. The largest absolute Gasteiger partial charge is 0.474 e. The van der Waals surface area contributed by atoms with Crippen LogP contribution in [0.4, 0.5) is 18.9 Å². The lowest BCUT2D eigenvalue weighted by atomic mass is 10.0. The first-order chi connectivity index (χ1) is 10.3. The number of hydrogen-bond acceptors (Lipinski definition) is 2. The molecule has 114 valence electrons. The van der Waals surface area contributed by atoms with E-state index in [9.17, 15) is 18.0 Å². The number of rotatable bonds is 1. The zero-order valence-electron chi connectivity index (χ0n) is 10.9. The molecule has 0 aromatic heterocycles. The first-order valence-corrected chi connectivity index (χ1v) is 6.66. The van der Waals surface area contributed by atoms with Crippen molar-refractivity contribution in [1.82, 2.24) is 0 Å². The van der Waals surface area contributed by atoms with E-state index < -0.39 is 23.8 Å². The fraction of sp³-hybridized carbons (Fsp3) is 0.133. The van der Waals surface area contributed by atoms with E-state index in [-0.39, 0.29) is 0 Å². The predicted octanol–water partition coefficient (Wildman–Crippen LogP) is 4.43. The summed E-state index contributed by atoms with van der Waals surface area (Å²) in [6.45, 7) is 0. The summed E-state index contributed by atoms with van der Waals surface area (Å²) in [5.41, 5.74) is -0.00795. The van der Waals surface area contributed by atoms with Gasteiger partial charge in [0.15, 0.2) is 0 Å². The topological polar surface area (TPSA) is 38.3 Å². The molecule has 0 spiro atoms. The summed E-state index contributed by atoms with van der Waals surface area (Å²) in [6.07, 6.45) is -5.42. The Balaban J connectivity index is 1.89. The maximum absolute atomic E-state index is 12.6. The fourth-order valence-electron chi connectivity index (χ4n) is 2.15. The van der Waals surface area contributed by atoms with Gasteiger partial charge in [0.25, 0.3) is 5.91 Å². The molecule has 1 heterocycles. The lowest BCUT2D eigenvalue weighted by Gasteiger charge is -2.26. The maximum atomic E-state index is 12.6. The average molecular weight is 328 g/mol. The molecule has 22 heavy (non-hydrogen) atoms. The number of halogens is 4. The lowest BCUT2D eigenvalue weighted by Crippen LogP contribution is -2.30. The summed E-state index contributed by atoms with van der Waals surface area (Å²) < 4.78 is 43.2. The minimum atomic E-state index is -4.42. The maximum Gasteiger partial charge on any atom is 0.416 e. The third kappa shape index (κ3) is 2.74. The van der Waals surface area contributed by atoms with Crippen LogP contribution >= 0.6 is 11.6 Å². The van der Waals surface area contributed by atoms with E-state index in [1.54, 1.807) is 12.1 Å². The van der Waals surface area contributed by atoms with Crippen molar-refractivity contribution < 1.29 is 22.7 Å². The molecule has 3 nitrogen and oxygen atoms in total. The molecule has 0 radical (unpaired) electrons. The highest BCUT2D eigenvalue weighted by Crippen LogP contribution is 2.37. The van der Waals surface area contributed by atoms with E-state index in [0.29, 0.717) is 22.0 Å². The Morgan fingerprint density at radius 1 is 1.09 bits per heavy atom. The second-order valence-corrected chi connectivity index (χ2v) is 5.18. The Hall–Kier alpha value is -2.21. The molecule has 2 aromatic rings. The Morgan fingerprint density at radius 2 is 1.77 bits per heavy atom. The monoisotopic (exact) mass is 327 g/mol. The predicted molar refractivity (Wildman–Crippen MR) is 74.9 cm³/mol. The highest BCUT2D eigenvalue weighted by molar-refractivity contribution is 6.31. The van der Waals surface area contributed by atoms with Crippen molar-refractivity contribution in [2.45, 2.75) is 12.3 Å². The average Bonchev–Trinajstić information content (AvgIpc) is 2.45. The van der Waals surface area contributed by atoms with Crippen molar-refractivity contribution in [3.63, 3.8) is 0 Å². The van der Waals surface area contributed by atoms with Crippen molar-refractivity contribution in [2.75, 3.05) is 5.32 Å². The van der Waals surface area contributed by atoms with Crippen LogP contribution in [-0.2, 0) is 11.0 Å². The van der Waals surface area contributed by atoms with Crippen LogP contribution in [0.25, 0.3) is 0 Å². The second kappa shape index (κ2) is 5.21. The smallest absolute Gasteiger partial charge is 0.416 e. The van der Waals surface area contributed by atoms with Crippen LogP contribution in [0.3, 0.4) is 0 Å². The van der Waals surface area contributed by atoms with Crippen LogP contribution in [0.5, 0.6) is 5.75 Å². The van der Waals surface area contributed by atoms with Gasteiger partial charge < -0.3 is 10.1 Å². The van der Waals surface area contributed by atoms with Gasteiger partial charge >= 0.3 is 6.18 Å². The van der Waals surface area contributed by atoms with E-state index in [1.165, 1.54) is 18.2 Å². The molecule has 1 N–H and O–H groups in total. The van der Waals surface area contributed by atoms with E-state index >= 15 is 0 Å². The van der Waals surface area contributed by atoms with Gasteiger partial charge in [-0.25, -0.2) is 0 Å². The number of amides is 1. The number of carbonyl (C=O) groups is 1. The van der Waals surface area contributed by atoms with Crippen LogP contribution in [0.15, 0.2) is 42.5 Å². The molecule has 1 aliphatic rings. The van der Waals surface area contributed by atoms with Crippen LogP contribution in [0.2, 0.25) is 5.02 Å². The normalized spacial score (nSPS) is 17.5. The highest BCUT2D eigenvalue weighted by Gasteiger charge is 2.32. The van der Waals surface area contributed by atoms with Gasteiger partial charge in [-0.15, -0.1) is 0 Å². The van der Waals surface area contributed by atoms with E-state index in [4.69, 9.17) is 16.3 Å². The fourth-order valence-corrected chi connectivity index (χ4v) is 2.32. The van der Waals surface area contributed by atoms with Gasteiger partial charge in [0, 0.05) is 10.6 Å². The first kappa shape index (κ1) is 14.7. The third-order valence-corrected chi connectivity index (χ3v) is 3.46. The van der Waals surface area contributed by atoms with Crippen molar-refractivity contribution in [3.8, 4) is 5.75 Å². The molecule has 1 atom stereocenters. The molecule has 0 unspecified atom stereocenters.